The van der Waals surface area contributed by atoms with Crippen molar-refractivity contribution < 1.29 is 22.6 Å². The van der Waals surface area contributed by atoms with Crippen molar-refractivity contribution in [1.82, 2.24) is 15.0 Å². The summed E-state index contributed by atoms with van der Waals surface area (Å²) in [6.45, 7) is 0.750. The average Bonchev–Trinajstić information content (AvgIpc) is 3.14. The van der Waals surface area contributed by atoms with E-state index < -0.39 is 15.8 Å². The van der Waals surface area contributed by atoms with Crippen LogP contribution in [-0.2, 0) is 22.9 Å². The van der Waals surface area contributed by atoms with E-state index in [9.17, 15) is 18.0 Å². The highest BCUT2D eigenvalue weighted by atomic mass is 79.9. The van der Waals surface area contributed by atoms with Crippen molar-refractivity contribution in [3.63, 3.8) is 0 Å². The number of nitrogens with zero attached hydrogens (tertiary/aromatic N) is 3. The number of sulfonamides is 1. The number of hydrogen-bond donors (Lipinski definition) is 3. The molecule has 0 aliphatic carbocycles. The molecule has 0 spiro atoms. The minimum atomic E-state index is -3.34. The smallest absolute Gasteiger partial charge is 0.211 e. The molecule has 0 amide bonds. The average molecular weight is 492 g/mol. The number of rotatable bonds is 12. The van der Waals surface area contributed by atoms with E-state index in [1.54, 1.807) is 12.1 Å². The van der Waals surface area contributed by atoms with E-state index in [0.29, 0.717) is 54.5 Å². The minimum absolute atomic E-state index is 0.0112. The summed E-state index contributed by atoms with van der Waals surface area (Å²) >= 11 is 3.11. The first-order valence-corrected chi connectivity index (χ1v) is 11.4. The largest absolute Gasteiger partial charge is 0.411 e. The monoisotopic (exact) mass is 491 g/mol. The number of aromatic nitrogens is 2. The van der Waals surface area contributed by atoms with Crippen molar-refractivity contribution in [3.8, 4) is 0 Å². The van der Waals surface area contributed by atoms with Gasteiger partial charge in [-0.3, -0.25) is 0 Å². The van der Waals surface area contributed by atoms with Crippen molar-refractivity contribution in [2.45, 2.75) is 32.1 Å². The Balaban J connectivity index is 1.93. The molecule has 9 nitrogen and oxygen atoms in total. The topological polar surface area (TPSA) is 144 Å². The van der Waals surface area contributed by atoms with Crippen LogP contribution in [0, 0.1) is 5.82 Å². The van der Waals surface area contributed by atoms with Gasteiger partial charge in [0.05, 0.1) is 10.2 Å². The van der Waals surface area contributed by atoms with E-state index in [0.717, 1.165) is 0 Å². The fourth-order valence-electron chi connectivity index (χ4n) is 2.59. The molecule has 0 atom stereocenters. The van der Waals surface area contributed by atoms with Gasteiger partial charge in [-0.15, -0.1) is 0 Å². The summed E-state index contributed by atoms with van der Waals surface area (Å²) in [6, 6.07) is 4.45. The number of halogens is 2. The Hall–Kier alpha value is -1.89. The molecule has 0 aliphatic rings. The molecule has 1 heterocycles. The maximum absolute atomic E-state index is 13.4. The van der Waals surface area contributed by atoms with Crippen LogP contribution in [0.3, 0.4) is 0 Å². The van der Waals surface area contributed by atoms with Gasteiger partial charge in [-0.2, -0.15) is 0 Å². The zero-order chi connectivity index (χ0) is 21.3. The molecule has 0 radical (unpaired) electrons. The summed E-state index contributed by atoms with van der Waals surface area (Å²) in [4.78, 5) is 0. The highest BCUT2D eigenvalue weighted by molar-refractivity contribution is 9.10. The van der Waals surface area contributed by atoms with Crippen LogP contribution < -0.4 is 10.5 Å². The third-order valence-electron chi connectivity index (χ3n) is 4.09. The molecular weight excluding hydrogens is 469 g/mol. The van der Waals surface area contributed by atoms with Gasteiger partial charge in [-0.25, -0.2) is 22.2 Å². The van der Waals surface area contributed by atoms with Crippen LogP contribution in [0.1, 0.15) is 36.2 Å². The van der Waals surface area contributed by atoms with E-state index in [4.69, 9.17) is 10.4 Å². The van der Waals surface area contributed by atoms with Gasteiger partial charge in [0.25, 0.3) is 0 Å². The predicted molar refractivity (Wildman–Crippen MR) is 109 cm³/mol. The van der Waals surface area contributed by atoms with Crippen LogP contribution in [-0.4, -0.2) is 48.5 Å². The maximum atomic E-state index is 13.4. The van der Waals surface area contributed by atoms with Gasteiger partial charge in [0, 0.05) is 13.0 Å². The van der Waals surface area contributed by atoms with Crippen molar-refractivity contribution in [2.75, 3.05) is 18.8 Å². The Kier molecular flexibility index (Phi) is 9.14. The van der Waals surface area contributed by atoms with Crippen LogP contribution in [0.25, 0.3) is 0 Å². The minimum Gasteiger partial charge on any atom is -0.411 e. The fraction of sp³-hybridized carbons (Fsp3) is 0.471. The number of nitrogens with two attached hydrogens (primary N) is 1. The molecule has 29 heavy (non-hydrogen) atoms. The van der Waals surface area contributed by atoms with Gasteiger partial charge in [-0.05, 0) is 71.0 Å². The molecule has 160 valence electrons. The summed E-state index contributed by atoms with van der Waals surface area (Å²) in [5.74, 6) is -0.407. The number of nitrogens with one attached hydrogen (secondary N) is 1. The second kappa shape index (κ2) is 11.3. The lowest BCUT2D eigenvalue weighted by Gasteiger charge is -2.06. The third kappa shape index (κ3) is 7.46. The van der Waals surface area contributed by atoms with Gasteiger partial charge in [0.2, 0.25) is 10.0 Å². The number of hydrogen-bond acceptors (Lipinski definition) is 8. The number of aryl methyl sites for hydroxylation is 1. The van der Waals surface area contributed by atoms with E-state index in [1.807, 2.05) is 0 Å². The SMILES string of the molecule is NCCCNS(=O)(=O)CCCCc1nonc1/C(Cc1ccc(F)c(Br)c1)=N/O. The van der Waals surface area contributed by atoms with E-state index in [1.165, 1.54) is 6.07 Å². The molecule has 1 aromatic heterocycles. The molecule has 0 fully saturated rings. The summed E-state index contributed by atoms with van der Waals surface area (Å²) in [7, 11) is -3.34. The lowest BCUT2D eigenvalue weighted by atomic mass is 10.0. The highest BCUT2D eigenvalue weighted by Gasteiger charge is 2.18. The number of unbranched alkanes of at least 4 members (excludes halogenated alkanes) is 1. The van der Waals surface area contributed by atoms with Crippen LogP contribution in [0.2, 0.25) is 0 Å². The van der Waals surface area contributed by atoms with E-state index in [2.05, 4.69) is 36.1 Å². The molecule has 2 rings (SSSR count). The van der Waals surface area contributed by atoms with Crippen LogP contribution in [0.15, 0.2) is 32.5 Å². The van der Waals surface area contributed by atoms with Crippen molar-refractivity contribution in [3.05, 3.63) is 45.4 Å². The molecular formula is C17H23BrFN5O4S. The predicted octanol–water partition coefficient (Wildman–Crippen LogP) is 1.98. The molecule has 0 saturated heterocycles. The molecule has 0 bridgehead atoms. The Labute approximate surface area is 176 Å². The zero-order valence-corrected chi connectivity index (χ0v) is 18.0. The fourth-order valence-corrected chi connectivity index (χ4v) is 4.20. The summed E-state index contributed by atoms with van der Waals surface area (Å²) in [5.41, 5.74) is 7.02. The van der Waals surface area contributed by atoms with Crippen LogP contribution >= 0.6 is 15.9 Å². The van der Waals surface area contributed by atoms with Crippen molar-refractivity contribution >= 4 is 31.7 Å². The first-order valence-electron chi connectivity index (χ1n) is 9.00. The van der Waals surface area contributed by atoms with Crippen molar-refractivity contribution in [1.29, 1.82) is 0 Å². The van der Waals surface area contributed by atoms with Gasteiger partial charge in [0.15, 0.2) is 5.69 Å². The standard InChI is InChI=1S/C17H23BrFN5O4S/c18-13-10-12(5-6-14(13)19)11-16(22-25)17-15(23-28-24-17)4-1-2-9-29(26,27)21-8-3-7-20/h5-6,10,21,25H,1-4,7-9,11,20H2/b22-16+. The Morgan fingerprint density at radius 1 is 1.31 bits per heavy atom. The highest BCUT2D eigenvalue weighted by Crippen LogP contribution is 2.19. The maximum Gasteiger partial charge on any atom is 0.211 e. The first kappa shape index (κ1) is 23.4. The lowest BCUT2D eigenvalue weighted by molar-refractivity contribution is 0.300. The lowest BCUT2D eigenvalue weighted by Crippen LogP contribution is -2.28. The second-order valence-corrected chi connectivity index (χ2v) is 9.12. The normalized spacial score (nSPS) is 12.4. The van der Waals surface area contributed by atoms with E-state index >= 15 is 0 Å². The first-order chi connectivity index (χ1) is 13.9. The number of benzene rings is 1. The van der Waals surface area contributed by atoms with Gasteiger partial charge >= 0.3 is 0 Å². The Morgan fingerprint density at radius 2 is 2.10 bits per heavy atom. The van der Waals surface area contributed by atoms with Crippen molar-refractivity contribution in [2.24, 2.45) is 10.9 Å². The van der Waals surface area contributed by atoms with Gasteiger partial charge in [0.1, 0.15) is 17.2 Å². The Bertz CT molecular complexity index is 936. The van der Waals surface area contributed by atoms with Crippen LogP contribution in [0.5, 0.6) is 0 Å². The molecule has 4 N–H and O–H groups in total. The van der Waals surface area contributed by atoms with E-state index in [-0.39, 0.29) is 23.6 Å². The molecule has 2 aromatic rings. The molecule has 12 heteroatoms. The summed E-state index contributed by atoms with van der Waals surface area (Å²) < 4.78 is 44.7. The zero-order valence-electron chi connectivity index (χ0n) is 15.6. The summed E-state index contributed by atoms with van der Waals surface area (Å²) in [5, 5.41) is 20.3. The molecule has 1 aromatic carbocycles. The molecule has 0 aliphatic heterocycles. The quantitative estimate of drug-likeness (QED) is 0.178. The molecule has 0 unspecified atom stereocenters. The second-order valence-electron chi connectivity index (χ2n) is 6.34. The summed E-state index contributed by atoms with van der Waals surface area (Å²) in [6.07, 6.45) is 2.13. The third-order valence-corrected chi connectivity index (χ3v) is 6.16. The Morgan fingerprint density at radius 3 is 2.79 bits per heavy atom. The number of oxime groups is 1. The van der Waals surface area contributed by atoms with Gasteiger partial charge in [-0.1, -0.05) is 16.4 Å². The molecule has 0 saturated carbocycles. The van der Waals surface area contributed by atoms with Crippen LogP contribution in [0.4, 0.5) is 4.39 Å². The van der Waals surface area contributed by atoms with Gasteiger partial charge < -0.3 is 10.9 Å².